The van der Waals surface area contributed by atoms with Crippen LogP contribution in [0.5, 0.6) is 0 Å². The van der Waals surface area contributed by atoms with E-state index in [1.165, 1.54) is 0 Å². The molecule has 92 valence electrons. The Balaban J connectivity index is 4.92. The van der Waals surface area contributed by atoms with Gasteiger partial charge in [-0.15, -0.1) is 6.42 Å². The van der Waals surface area contributed by atoms with Gasteiger partial charge in [0, 0.05) is 5.54 Å². The molecule has 16 heavy (non-hydrogen) atoms. The van der Waals surface area contributed by atoms with Crippen LogP contribution >= 0.6 is 0 Å². The number of carboxylic acids is 1. The van der Waals surface area contributed by atoms with Crippen LogP contribution in [0.15, 0.2) is 0 Å². The summed E-state index contributed by atoms with van der Waals surface area (Å²) >= 11 is 0. The van der Waals surface area contributed by atoms with E-state index in [1.807, 2.05) is 0 Å². The van der Waals surface area contributed by atoms with Gasteiger partial charge >= 0.3 is 5.97 Å². The topological polar surface area (TPSA) is 86.7 Å². The first-order valence-electron chi connectivity index (χ1n) is 4.53. The van der Waals surface area contributed by atoms with Gasteiger partial charge < -0.3 is 5.11 Å². The molecule has 0 rings (SSSR count). The van der Waals surface area contributed by atoms with E-state index < -0.39 is 28.3 Å². The summed E-state index contributed by atoms with van der Waals surface area (Å²) in [7, 11) is -3.88. The van der Waals surface area contributed by atoms with Crippen molar-refractivity contribution in [3.8, 4) is 12.3 Å². The van der Waals surface area contributed by atoms with Crippen molar-refractivity contribution in [2.75, 3.05) is 13.1 Å². The number of carbonyl (C=O) groups is 1. The lowest BCUT2D eigenvalue weighted by Crippen LogP contribution is -2.50. The molecule has 0 bridgehead atoms. The van der Waals surface area contributed by atoms with E-state index in [2.05, 4.69) is 10.6 Å². The summed E-state index contributed by atoms with van der Waals surface area (Å²) in [6.45, 7) is 4.02. The number of hydrogen-bond acceptors (Lipinski definition) is 3. The van der Waals surface area contributed by atoms with Crippen LogP contribution in [-0.4, -0.2) is 42.4 Å². The lowest BCUT2D eigenvalue weighted by atomic mass is 10.1. The van der Waals surface area contributed by atoms with Crippen molar-refractivity contribution in [1.29, 1.82) is 0 Å². The molecule has 0 aliphatic heterocycles. The molecule has 6 nitrogen and oxygen atoms in total. The van der Waals surface area contributed by atoms with Crippen molar-refractivity contribution in [2.24, 2.45) is 0 Å². The van der Waals surface area contributed by atoms with Gasteiger partial charge in [0.15, 0.2) is 0 Å². The minimum Gasteiger partial charge on any atom is -0.480 e. The van der Waals surface area contributed by atoms with Gasteiger partial charge in [-0.3, -0.25) is 4.79 Å². The SMILES string of the molecule is C#CCN(CC(=O)O)S(=O)(=O)NC(C)(C)C. The average Bonchev–Trinajstić information content (AvgIpc) is 1.97. The molecule has 0 spiro atoms. The molecule has 0 aliphatic rings. The molecule has 0 saturated heterocycles. The first kappa shape index (κ1) is 14.9. The summed E-state index contributed by atoms with van der Waals surface area (Å²) < 4.78 is 26.5. The summed E-state index contributed by atoms with van der Waals surface area (Å²) in [5.41, 5.74) is -0.690. The van der Waals surface area contributed by atoms with Crippen LogP contribution in [0.1, 0.15) is 20.8 Å². The van der Waals surface area contributed by atoms with Gasteiger partial charge in [0.25, 0.3) is 10.2 Å². The minimum absolute atomic E-state index is 0.280. The van der Waals surface area contributed by atoms with Gasteiger partial charge in [0.05, 0.1) is 6.54 Å². The Morgan fingerprint density at radius 3 is 2.31 bits per heavy atom. The Kier molecular flexibility index (Phi) is 4.93. The fraction of sp³-hybridized carbons (Fsp3) is 0.667. The predicted octanol–water partition coefficient (Wildman–Crippen LogP) is -0.361. The molecule has 0 aromatic carbocycles. The van der Waals surface area contributed by atoms with Crippen LogP contribution in [-0.2, 0) is 15.0 Å². The lowest BCUT2D eigenvalue weighted by Gasteiger charge is -2.25. The zero-order chi connectivity index (χ0) is 13.0. The van der Waals surface area contributed by atoms with Gasteiger partial charge in [0.2, 0.25) is 0 Å². The third kappa shape index (κ3) is 5.70. The third-order valence-corrected chi connectivity index (χ3v) is 3.16. The van der Waals surface area contributed by atoms with E-state index in [0.29, 0.717) is 4.31 Å². The number of terminal acetylenes is 1. The molecule has 0 atom stereocenters. The van der Waals surface area contributed by atoms with Gasteiger partial charge in [-0.2, -0.15) is 17.4 Å². The summed E-state index contributed by atoms with van der Waals surface area (Å²) in [6, 6.07) is 0. The fourth-order valence-corrected chi connectivity index (χ4v) is 2.36. The van der Waals surface area contributed by atoms with Crippen LogP contribution in [0, 0.1) is 12.3 Å². The lowest BCUT2D eigenvalue weighted by molar-refractivity contribution is -0.137. The van der Waals surface area contributed by atoms with E-state index in [1.54, 1.807) is 20.8 Å². The maximum Gasteiger partial charge on any atom is 0.318 e. The predicted molar refractivity (Wildman–Crippen MR) is 59.9 cm³/mol. The van der Waals surface area contributed by atoms with E-state index in [0.717, 1.165) is 0 Å². The molecule has 7 heteroatoms. The molecule has 0 radical (unpaired) electrons. The van der Waals surface area contributed by atoms with Crippen LogP contribution in [0.4, 0.5) is 0 Å². The Bertz CT molecular complexity index is 389. The molecule has 0 saturated carbocycles. The number of nitrogens with zero attached hydrogens (tertiary/aromatic N) is 1. The second-order valence-corrected chi connectivity index (χ2v) is 5.89. The molecule has 0 aromatic heterocycles. The Labute approximate surface area is 95.8 Å². The summed E-state index contributed by atoms with van der Waals surface area (Å²) in [6.07, 6.45) is 4.99. The minimum atomic E-state index is -3.88. The van der Waals surface area contributed by atoms with Crippen molar-refractivity contribution in [3.63, 3.8) is 0 Å². The third-order valence-electron chi connectivity index (χ3n) is 1.35. The smallest absolute Gasteiger partial charge is 0.318 e. The Morgan fingerprint density at radius 2 is 2.00 bits per heavy atom. The Morgan fingerprint density at radius 1 is 1.50 bits per heavy atom. The van der Waals surface area contributed by atoms with Crippen molar-refractivity contribution in [1.82, 2.24) is 9.03 Å². The zero-order valence-corrected chi connectivity index (χ0v) is 10.3. The molecule has 0 aromatic rings. The largest absolute Gasteiger partial charge is 0.480 e. The van der Waals surface area contributed by atoms with Crippen LogP contribution in [0.25, 0.3) is 0 Å². The molecule has 2 N–H and O–H groups in total. The molecule has 0 heterocycles. The highest BCUT2D eigenvalue weighted by molar-refractivity contribution is 7.87. The number of carboxylic acid groups (broad SMARTS) is 1. The molecule has 0 aliphatic carbocycles. The van der Waals surface area contributed by atoms with Gasteiger partial charge in [-0.1, -0.05) is 5.92 Å². The van der Waals surface area contributed by atoms with Crippen molar-refractivity contribution in [3.05, 3.63) is 0 Å². The number of hydrogen-bond donors (Lipinski definition) is 2. The van der Waals surface area contributed by atoms with E-state index >= 15 is 0 Å². The highest BCUT2D eigenvalue weighted by Crippen LogP contribution is 2.06. The molecular formula is C9H16N2O4S. The summed E-state index contributed by atoms with van der Waals surface area (Å²) in [4.78, 5) is 10.5. The van der Waals surface area contributed by atoms with Gasteiger partial charge in [-0.25, -0.2) is 0 Å². The first-order valence-corrected chi connectivity index (χ1v) is 5.97. The maximum absolute atomic E-state index is 11.7. The normalized spacial score (nSPS) is 12.4. The van der Waals surface area contributed by atoms with E-state index in [-0.39, 0.29) is 6.54 Å². The second kappa shape index (κ2) is 5.30. The number of rotatable bonds is 5. The molecule has 0 unspecified atom stereocenters. The van der Waals surface area contributed by atoms with Gasteiger partial charge in [-0.05, 0) is 20.8 Å². The number of aliphatic carboxylic acids is 1. The number of nitrogens with one attached hydrogen (secondary N) is 1. The molecular weight excluding hydrogens is 232 g/mol. The van der Waals surface area contributed by atoms with Crippen molar-refractivity contribution >= 4 is 16.2 Å². The van der Waals surface area contributed by atoms with E-state index in [9.17, 15) is 13.2 Å². The zero-order valence-electron chi connectivity index (χ0n) is 9.52. The summed E-state index contributed by atoms with van der Waals surface area (Å²) in [5, 5.41) is 8.57. The quantitative estimate of drug-likeness (QED) is 0.650. The van der Waals surface area contributed by atoms with Crippen LogP contribution in [0.2, 0.25) is 0 Å². The Hall–Kier alpha value is -1.10. The standard InChI is InChI=1S/C9H16N2O4S/c1-5-6-11(7-8(12)13)16(14,15)10-9(2,3)4/h1,10H,6-7H2,2-4H3,(H,12,13). The summed E-state index contributed by atoms with van der Waals surface area (Å²) in [5.74, 6) is 0.853. The highest BCUT2D eigenvalue weighted by atomic mass is 32.2. The average molecular weight is 248 g/mol. The molecule has 0 fully saturated rings. The van der Waals surface area contributed by atoms with Crippen LogP contribution in [0.3, 0.4) is 0 Å². The van der Waals surface area contributed by atoms with Gasteiger partial charge in [0.1, 0.15) is 6.54 Å². The maximum atomic E-state index is 11.7. The van der Waals surface area contributed by atoms with E-state index in [4.69, 9.17) is 11.5 Å². The highest BCUT2D eigenvalue weighted by Gasteiger charge is 2.27. The van der Waals surface area contributed by atoms with Crippen LogP contribution < -0.4 is 4.72 Å². The fourth-order valence-electron chi connectivity index (χ4n) is 0.930. The van der Waals surface area contributed by atoms with Crippen molar-refractivity contribution in [2.45, 2.75) is 26.3 Å². The second-order valence-electron chi connectivity index (χ2n) is 4.22. The monoisotopic (exact) mass is 248 g/mol. The molecule has 0 amide bonds. The van der Waals surface area contributed by atoms with Crippen molar-refractivity contribution < 1.29 is 18.3 Å². The first-order chi connectivity index (χ1) is 7.08.